The number of aryl methyl sites for hydroxylation is 1. The van der Waals surface area contributed by atoms with Gasteiger partial charge in [0.15, 0.2) is 11.5 Å². The van der Waals surface area contributed by atoms with E-state index in [-0.39, 0.29) is 11.8 Å². The molecule has 34 heavy (non-hydrogen) atoms. The van der Waals surface area contributed by atoms with Crippen LogP contribution in [0.2, 0.25) is 0 Å². The molecule has 1 fully saturated rings. The Morgan fingerprint density at radius 2 is 1.76 bits per heavy atom. The van der Waals surface area contributed by atoms with E-state index in [4.69, 9.17) is 14.2 Å². The molecule has 0 aliphatic carbocycles. The summed E-state index contributed by atoms with van der Waals surface area (Å²) in [4.78, 5) is 33.1. The molecule has 1 unspecified atom stereocenters. The maximum absolute atomic E-state index is 13.4. The monoisotopic (exact) mass is 499 g/mol. The van der Waals surface area contributed by atoms with E-state index in [0.29, 0.717) is 50.1 Å². The maximum Gasteiger partial charge on any atom is 0.267 e. The molecule has 1 atom stereocenters. The van der Waals surface area contributed by atoms with E-state index in [9.17, 15) is 9.59 Å². The van der Waals surface area contributed by atoms with Crippen molar-refractivity contribution in [1.82, 2.24) is 9.88 Å². The Labute approximate surface area is 206 Å². The highest BCUT2D eigenvalue weighted by Crippen LogP contribution is 2.36. The van der Waals surface area contributed by atoms with E-state index >= 15 is 0 Å². The molecule has 0 saturated carbocycles. The second-order valence-electron chi connectivity index (χ2n) is 7.51. The molecule has 2 heterocycles. The third-order valence-corrected chi connectivity index (χ3v) is 7.63. The topological polar surface area (TPSA) is 90.0 Å². The zero-order valence-corrected chi connectivity index (χ0v) is 20.9. The number of methoxy groups -OCH3 is 3. The normalized spacial score (nSPS) is 15.2. The number of thioether (sulfide) groups is 1. The van der Waals surface area contributed by atoms with Crippen LogP contribution in [0, 0.1) is 6.92 Å². The molecule has 2 aromatic carbocycles. The molecule has 1 N–H and O–H groups in total. The fraction of sp³-hybridized carbons (Fsp3) is 0.292. The van der Waals surface area contributed by atoms with Gasteiger partial charge in [0.2, 0.25) is 5.91 Å². The third kappa shape index (κ3) is 4.83. The predicted octanol–water partition coefficient (Wildman–Crippen LogP) is 4.30. The van der Waals surface area contributed by atoms with Crippen LogP contribution in [0.5, 0.6) is 17.2 Å². The minimum Gasteiger partial charge on any atom is -0.497 e. The van der Waals surface area contributed by atoms with Gasteiger partial charge in [-0.3, -0.25) is 9.59 Å². The van der Waals surface area contributed by atoms with Gasteiger partial charge in [-0.1, -0.05) is 0 Å². The zero-order valence-electron chi connectivity index (χ0n) is 19.3. The molecule has 0 bridgehead atoms. The van der Waals surface area contributed by atoms with Crippen molar-refractivity contribution in [2.75, 3.05) is 38.3 Å². The fourth-order valence-corrected chi connectivity index (χ4v) is 5.75. The summed E-state index contributed by atoms with van der Waals surface area (Å²) in [5.41, 5.74) is 2.11. The standard InChI is InChI=1S/C24H25N3O5S2/c1-14-21(34-23(25-14)15-5-10-19(31-3)20(11-15)32-4)24(29)27-13-33-12-18(27)22(28)26-16-6-8-17(30-2)9-7-16/h5-11,18H,12-13H2,1-4H3,(H,26,28). The SMILES string of the molecule is COc1ccc(NC(=O)C2CSCN2C(=O)c2sc(-c3ccc(OC)c(OC)c3)nc2C)cc1. The van der Waals surface area contributed by atoms with Gasteiger partial charge in [0, 0.05) is 17.0 Å². The molecule has 0 spiro atoms. The third-order valence-electron chi connectivity index (χ3n) is 5.42. The van der Waals surface area contributed by atoms with Crippen LogP contribution in [0.15, 0.2) is 42.5 Å². The van der Waals surface area contributed by atoms with Crippen LogP contribution in [0.3, 0.4) is 0 Å². The highest BCUT2D eigenvalue weighted by Gasteiger charge is 2.36. The molecule has 0 radical (unpaired) electrons. The number of nitrogens with one attached hydrogen (secondary N) is 1. The molecule has 1 aliphatic rings. The summed E-state index contributed by atoms with van der Waals surface area (Å²) in [6.07, 6.45) is 0. The van der Waals surface area contributed by atoms with Gasteiger partial charge in [0.1, 0.15) is 21.7 Å². The summed E-state index contributed by atoms with van der Waals surface area (Å²) in [6.45, 7) is 1.81. The number of anilines is 1. The number of hydrogen-bond acceptors (Lipinski definition) is 8. The van der Waals surface area contributed by atoms with E-state index in [0.717, 1.165) is 5.56 Å². The molecule has 1 aliphatic heterocycles. The number of ether oxygens (including phenoxy) is 3. The summed E-state index contributed by atoms with van der Waals surface area (Å²) in [7, 11) is 4.74. The lowest BCUT2D eigenvalue weighted by molar-refractivity contribution is -0.119. The number of amides is 2. The van der Waals surface area contributed by atoms with Gasteiger partial charge in [0.25, 0.3) is 5.91 Å². The molecular formula is C24H25N3O5S2. The van der Waals surface area contributed by atoms with E-state index in [2.05, 4.69) is 10.3 Å². The number of benzene rings is 2. The summed E-state index contributed by atoms with van der Waals surface area (Å²) in [5.74, 6) is 2.49. The predicted molar refractivity (Wildman–Crippen MR) is 134 cm³/mol. The van der Waals surface area contributed by atoms with Crippen molar-refractivity contribution in [2.24, 2.45) is 0 Å². The largest absolute Gasteiger partial charge is 0.497 e. The summed E-state index contributed by atoms with van der Waals surface area (Å²) in [6, 6.07) is 12.1. The summed E-state index contributed by atoms with van der Waals surface area (Å²) < 4.78 is 15.8. The van der Waals surface area contributed by atoms with Crippen LogP contribution >= 0.6 is 23.1 Å². The first-order valence-corrected chi connectivity index (χ1v) is 12.5. The number of hydrogen-bond donors (Lipinski definition) is 1. The van der Waals surface area contributed by atoms with E-state index in [1.54, 1.807) is 62.3 Å². The van der Waals surface area contributed by atoms with Crippen LogP contribution in [0.1, 0.15) is 15.4 Å². The van der Waals surface area contributed by atoms with E-state index < -0.39 is 6.04 Å². The Morgan fingerprint density at radius 1 is 1.03 bits per heavy atom. The highest BCUT2D eigenvalue weighted by atomic mass is 32.2. The van der Waals surface area contributed by atoms with Crippen LogP contribution in [-0.4, -0.2) is 60.7 Å². The molecule has 2 amide bonds. The molecule has 3 aromatic rings. The van der Waals surface area contributed by atoms with Crippen molar-refractivity contribution in [3.63, 3.8) is 0 Å². The molecule has 1 saturated heterocycles. The van der Waals surface area contributed by atoms with Crippen LogP contribution in [0.25, 0.3) is 10.6 Å². The average molecular weight is 500 g/mol. The van der Waals surface area contributed by atoms with Crippen molar-refractivity contribution in [3.8, 4) is 27.8 Å². The molecule has 4 rings (SSSR count). The van der Waals surface area contributed by atoms with Crippen molar-refractivity contribution < 1.29 is 23.8 Å². The number of aromatic nitrogens is 1. The first-order valence-electron chi connectivity index (χ1n) is 10.5. The molecule has 10 heteroatoms. The second kappa shape index (κ2) is 10.4. The van der Waals surface area contributed by atoms with E-state index in [1.165, 1.54) is 11.3 Å². The average Bonchev–Trinajstić information content (AvgIpc) is 3.51. The Bertz CT molecular complexity index is 1200. The van der Waals surface area contributed by atoms with Crippen LogP contribution in [0.4, 0.5) is 5.69 Å². The Kier molecular flexibility index (Phi) is 7.28. The Balaban J connectivity index is 1.53. The van der Waals surface area contributed by atoms with Gasteiger partial charge in [-0.05, 0) is 49.4 Å². The first-order chi connectivity index (χ1) is 16.4. The number of rotatable bonds is 7. The molecule has 178 valence electrons. The summed E-state index contributed by atoms with van der Waals surface area (Å²) >= 11 is 2.86. The lowest BCUT2D eigenvalue weighted by Crippen LogP contribution is -2.44. The van der Waals surface area contributed by atoms with E-state index in [1.807, 2.05) is 25.1 Å². The minimum atomic E-state index is -0.564. The van der Waals surface area contributed by atoms with Gasteiger partial charge in [-0.2, -0.15) is 0 Å². The summed E-state index contributed by atoms with van der Waals surface area (Å²) in [5, 5.41) is 3.60. The molecule has 1 aromatic heterocycles. The Hall–Kier alpha value is -3.24. The van der Waals surface area contributed by atoms with Crippen molar-refractivity contribution in [3.05, 3.63) is 53.0 Å². The molecular weight excluding hydrogens is 474 g/mol. The zero-order chi connectivity index (χ0) is 24.2. The number of nitrogens with zero attached hydrogens (tertiary/aromatic N) is 2. The van der Waals surface area contributed by atoms with Gasteiger partial charge in [-0.15, -0.1) is 23.1 Å². The lowest BCUT2D eigenvalue weighted by Gasteiger charge is -2.22. The smallest absolute Gasteiger partial charge is 0.267 e. The quantitative estimate of drug-likeness (QED) is 0.518. The van der Waals surface area contributed by atoms with Gasteiger partial charge in [0.05, 0.1) is 32.9 Å². The lowest BCUT2D eigenvalue weighted by atomic mass is 10.2. The van der Waals surface area contributed by atoms with Crippen molar-refractivity contribution in [1.29, 1.82) is 0 Å². The maximum atomic E-state index is 13.4. The van der Waals surface area contributed by atoms with Gasteiger partial charge >= 0.3 is 0 Å². The Morgan fingerprint density at radius 3 is 2.44 bits per heavy atom. The van der Waals surface area contributed by atoms with Crippen molar-refractivity contribution >= 4 is 40.6 Å². The second-order valence-corrected chi connectivity index (χ2v) is 9.51. The number of carbonyl (C=O) groups excluding carboxylic acids is 2. The van der Waals surface area contributed by atoms with Gasteiger partial charge in [-0.25, -0.2) is 4.98 Å². The number of carbonyl (C=O) groups is 2. The van der Waals surface area contributed by atoms with Crippen molar-refractivity contribution in [2.45, 2.75) is 13.0 Å². The minimum absolute atomic E-state index is 0.193. The van der Waals surface area contributed by atoms with Crippen LogP contribution in [-0.2, 0) is 4.79 Å². The van der Waals surface area contributed by atoms with Gasteiger partial charge < -0.3 is 24.4 Å². The first kappa shape index (κ1) is 23.9. The van der Waals surface area contributed by atoms with Crippen LogP contribution < -0.4 is 19.5 Å². The fourth-order valence-electron chi connectivity index (χ4n) is 3.58. The number of thiazole rings is 1. The molecule has 8 nitrogen and oxygen atoms in total. The highest BCUT2D eigenvalue weighted by molar-refractivity contribution is 7.99.